The number of urea groups is 1. The lowest BCUT2D eigenvalue weighted by Crippen LogP contribution is -2.27. The van der Waals surface area contributed by atoms with Gasteiger partial charge in [0.1, 0.15) is 0 Å². The highest BCUT2D eigenvalue weighted by molar-refractivity contribution is 6.00. The fraction of sp³-hybridized carbons (Fsp3) is 0.0870. The van der Waals surface area contributed by atoms with E-state index in [4.69, 9.17) is 6.57 Å². The summed E-state index contributed by atoms with van der Waals surface area (Å²) in [6.07, 6.45) is 5.04. The van der Waals surface area contributed by atoms with Crippen LogP contribution in [0.2, 0.25) is 0 Å². The summed E-state index contributed by atoms with van der Waals surface area (Å²) in [5.41, 5.74) is 5.91. The van der Waals surface area contributed by atoms with Gasteiger partial charge in [0.15, 0.2) is 11.3 Å². The van der Waals surface area contributed by atoms with E-state index in [1.165, 1.54) is 4.90 Å². The van der Waals surface area contributed by atoms with Crippen LogP contribution in [0.3, 0.4) is 0 Å². The van der Waals surface area contributed by atoms with Crippen molar-refractivity contribution in [1.82, 2.24) is 30.0 Å². The minimum atomic E-state index is -0.229. The van der Waals surface area contributed by atoms with E-state index in [0.717, 1.165) is 38.8 Å². The molecule has 5 rings (SSSR count). The van der Waals surface area contributed by atoms with Gasteiger partial charge in [0, 0.05) is 53.9 Å². The fourth-order valence-electron chi connectivity index (χ4n) is 3.54. The molecule has 0 spiro atoms. The van der Waals surface area contributed by atoms with Crippen LogP contribution in [0, 0.1) is 6.57 Å². The van der Waals surface area contributed by atoms with Gasteiger partial charge in [-0.25, -0.2) is 14.6 Å². The van der Waals surface area contributed by atoms with Gasteiger partial charge in [-0.1, -0.05) is 12.1 Å². The van der Waals surface area contributed by atoms with Crippen LogP contribution in [0.1, 0.15) is 0 Å². The number of pyridine rings is 2. The Morgan fingerprint density at radius 3 is 2.75 bits per heavy atom. The number of fused-ring (bicyclic) bond motifs is 2. The quantitative estimate of drug-likeness (QED) is 0.363. The second-order valence-electron chi connectivity index (χ2n) is 7.51. The van der Waals surface area contributed by atoms with Crippen LogP contribution in [0.4, 0.5) is 16.2 Å². The summed E-state index contributed by atoms with van der Waals surface area (Å²) >= 11 is 0. The van der Waals surface area contributed by atoms with Gasteiger partial charge in [-0.3, -0.25) is 10.1 Å². The molecule has 0 saturated carbocycles. The molecule has 4 aromatic heterocycles. The van der Waals surface area contributed by atoms with Gasteiger partial charge >= 0.3 is 6.03 Å². The molecule has 0 aliphatic carbocycles. The number of aromatic amines is 2. The number of H-pyrrole nitrogens is 2. The average molecular weight is 422 g/mol. The first-order chi connectivity index (χ1) is 15.5. The highest BCUT2D eigenvalue weighted by Crippen LogP contribution is 2.34. The van der Waals surface area contributed by atoms with E-state index in [9.17, 15) is 4.79 Å². The van der Waals surface area contributed by atoms with Crippen molar-refractivity contribution in [3.05, 3.63) is 66.4 Å². The van der Waals surface area contributed by atoms with Crippen molar-refractivity contribution in [3.8, 4) is 22.5 Å². The number of carbonyl (C=O) groups excluding carboxylic acids is 1. The largest absolute Gasteiger partial charge is 0.354 e. The molecule has 0 aliphatic rings. The summed E-state index contributed by atoms with van der Waals surface area (Å²) in [5, 5.41) is 11.9. The van der Waals surface area contributed by atoms with Crippen molar-refractivity contribution in [2.24, 2.45) is 0 Å². The van der Waals surface area contributed by atoms with Crippen LogP contribution < -0.4 is 5.32 Å². The molecular weight excluding hydrogens is 404 g/mol. The summed E-state index contributed by atoms with van der Waals surface area (Å²) in [6.45, 7) is 7.39. The zero-order valence-corrected chi connectivity index (χ0v) is 17.3. The van der Waals surface area contributed by atoms with Gasteiger partial charge in [-0.05, 0) is 24.3 Å². The van der Waals surface area contributed by atoms with Crippen molar-refractivity contribution in [2.75, 3.05) is 19.4 Å². The lowest BCUT2D eigenvalue weighted by Gasteiger charge is -2.12. The van der Waals surface area contributed by atoms with E-state index >= 15 is 0 Å². The van der Waals surface area contributed by atoms with E-state index in [1.54, 1.807) is 38.8 Å². The first kappa shape index (κ1) is 19.3. The molecule has 156 valence electrons. The summed E-state index contributed by atoms with van der Waals surface area (Å²) in [7, 11) is 3.35. The van der Waals surface area contributed by atoms with Gasteiger partial charge in [0.05, 0.1) is 29.8 Å². The molecule has 5 aromatic rings. The Labute approximate surface area is 182 Å². The minimum absolute atomic E-state index is 0.229. The van der Waals surface area contributed by atoms with Crippen molar-refractivity contribution in [1.29, 1.82) is 0 Å². The van der Waals surface area contributed by atoms with Gasteiger partial charge < -0.3 is 15.2 Å². The number of carbonyl (C=O) groups is 1. The number of amides is 2. The van der Waals surface area contributed by atoms with E-state index < -0.39 is 0 Å². The monoisotopic (exact) mass is 422 g/mol. The normalized spacial score (nSPS) is 10.9. The smallest absolute Gasteiger partial charge is 0.321 e. The van der Waals surface area contributed by atoms with Crippen molar-refractivity contribution in [3.63, 3.8) is 0 Å². The molecule has 9 nitrogen and oxygen atoms in total. The predicted molar refractivity (Wildman–Crippen MR) is 123 cm³/mol. The van der Waals surface area contributed by atoms with Crippen molar-refractivity contribution in [2.45, 2.75) is 0 Å². The Morgan fingerprint density at radius 1 is 1.09 bits per heavy atom. The summed E-state index contributed by atoms with van der Waals surface area (Å²) in [4.78, 5) is 29.1. The zero-order chi connectivity index (χ0) is 22.2. The lowest BCUT2D eigenvalue weighted by atomic mass is 10.1. The topological polar surface area (TPSA) is 107 Å². The van der Waals surface area contributed by atoms with E-state index in [0.29, 0.717) is 17.0 Å². The standard InChI is InChI=1S/C23H18N8O/c1-24-18-5-4-6-19-16(18)9-20(28-19)21-17-8-14(11-26-22(17)30-29-21)13-7-15(12-25-10-13)27-23(32)31(2)3/h4-12,28H,2-3H3,(H,27,32)(H,26,29,30). The van der Waals surface area contributed by atoms with Gasteiger partial charge in [0.25, 0.3) is 0 Å². The molecule has 0 saturated heterocycles. The van der Waals surface area contributed by atoms with Crippen molar-refractivity contribution >= 4 is 39.3 Å². The highest BCUT2D eigenvalue weighted by atomic mass is 16.2. The second kappa shape index (κ2) is 7.52. The molecule has 32 heavy (non-hydrogen) atoms. The molecule has 0 aliphatic heterocycles. The molecular formula is C23H18N8O. The Hall–Kier alpha value is -4.71. The van der Waals surface area contributed by atoms with Crippen LogP contribution in [0.5, 0.6) is 0 Å². The maximum atomic E-state index is 12.0. The van der Waals surface area contributed by atoms with Crippen LogP contribution in [0.25, 0.3) is 49.3 Å². The van der Waals surface area contributed by atoms with Crippen LogP contribution in [-0.4, -0.2) is 50.2 Å². The number of nitrogens with one attached hydrogen (secondary N) is 3. The third kappa shape index (κ3) is 3.30. The Balaban J connectivity index is 1.57. The average Bonchev–Trinajstić information content (AvgIpc) is 3.42. The molecule has 0 unspecified atom stereocenters. The second-order valence-corrected chi connectivity index (χ2v) is 7.51. The third-order valence-electron chi connectivity index (χ3n) is 5.17. The molecule has 0 fully saturated rings. The number of nitrogens with zero attached hydrogens (tertiary/aromatic N) is 5. The maximum absolute atomic E-state index is 12.0. The van der Waals surface area contributed by atoms with E-state index in [-0.39, 0.29) is 6.03 Å². The molecule has 4 heterocycles. The summed E-state index contributed by atoms with van der Waals surface area (Å²) in [5.74, 6) is 0. The lowest BCUT2D eigenvalue weighted by molar-refractivity contribution is 0.230. The molecule has 0 radical (unpaired) electrons. The minimum Gasteiger partial charge on any atom is -0.354 e. The summed E-state index contributed by atoms with van der Waals surface area (Å²) in [6, 6.07) is 11.1. The number of anilines is 1. The maximum Gasteiger partial charge on any atom is 0.321 e. The van der Waals surface area contributed by atoms with E-state index in [2.05, 4.69) is 35.3 Å². The molecule has 0 bridgehead atoms. The van der Waals surface area contributed by atoms with Gasteiger partial charge in [0.2, 0.25) is 0 Å². The van der Waals surface area contributed by atoms with Crippen LogP contribution in [-0.2, 0) is 0 Å². The SMILES string of the molecule is [C-]#[N+]c1cccc2[nH]c(-c3[nH]nc4ncc(-c5cncc(NC(=O)N(C)C)c5)cc34)cc12. The van der Waals surface area contributed by atoms with Gasteiger partial charge in [-0.2, -0.15) is 5.10 Å². The zero-order valence-electron chi connectivity index (χ0n) is 17.3. The first-order valence-electron chi connectivity index (χ1n) is 9.81. The third-order valence-corrected chi connectivity index (χ3v) is 5.17. The van der Waals surface area contributed by atoms with Crippen LogP contribution >= 0.6 is 0 Å². The highest BCUT2D eigenvalue weighted by Gasteiger charge is 2.14. The molecule has 2 amide bonds. The summed E-state index contributed by atoms with van der Waals surface area (Å²) < 4.78 is 0. The Morgan fingerprint density at radius 2 is 1.94 bits per heavy atom. The molecule has 9 heteroatoms. The Bertz CT molecular complexity index is 1520. The fourth-order valence-corrected chi connectivity index (χ4v) is 3.54. The van der Waals surface area contributed by atoms with Crippen molar-refractivity contribution < 1.29 is 4.79 Å². The van der Waals surface area contributed by atoms with Gasteiger partial charge in [-0.15, -0.1) is 0 Å². The molecule has 1 aromatic carbocycles. The Kier molecular flexibility index (Phi) is 4.53. The molecule has 3 N–H and O–H groups in total. The predicted octanol–water partition coefficient (Wildman–Crippen LogP) is 4.81. The molecule has 0 atom stereocenters. The number of benzene rings is 1. The number of hydrogen-bond acceptors (Lipinski definition) is 4. The van der Waals surface area contributed by atoms with E-state index in [1.807, 2.05) is 30.3 Å². The number of aromatic nitrogens is 5. The number of hydrogen-bond donors (Lipinski definition) is 3. The van der Waals surface area contributed by atoms with Crippen LogP contribution in [0.15, 0.2) is 55.0 Å². The number of rotatable bonds is 3. The first-order valence-corrected chi connectivity index (χ1v) is 9.81.